The van der Waals surface area contributed by atoms with Gasteiger partial charge in [0.15, 0.2) is 5.92 Å². The summed E-state index contributed by atoms with van der Waals surface area (Å²) in [4.78, 5) is 28.9. The maximum Gasteiger partial charge on any atom is 0.344 e. The highest BCUT2D eigenvalue weighted by atomic mass is 35.5. The Bertz CT molecular complexity index is 1250. The molecule has 0 saturated heterocycles. The Kier molecular flexibility index (Phi) is 6.92. The van der Waals surface area contributed by atoms with Gasteiger partial charge < -0.3 is 15.6 Å². The average Bonchev–Trinajstić information content (AvgIpc) is 2.76. The van der Waals surface area contributed by atoms with Gasteiger partial charge >= 0.3 is 11.6 Å². The van der Waals surface area contributed by atoms with Crippen LogP contribution in [0.25, 0.3) is 0 Å². The Balaban J connectivity index is 1.78. The van der Waals surface area contributed by atoms with E-state index in [2.05, 4.69) is 20.6 Å². The van der Waals surface area contributed by atoms with Crippen molar-refractivity contribution in [3.8, 4) is 6.07 Å². The molecule has 1 atom stereocenters. The number of carbonyl (C=O) groups excluding carboxylic acids is 1. The van der Waals surface area contributed by atoms with E-state index in [1.165, 1.54) is 12.1 Å². The molecule has 2 aromatic carbocycles. The lowest BCUT2D eigenvalue weighted by atomic mass is 10.0. The van der Waals surface area contributed by atoms with Crippen LogP contribution in [0.2, 0.25) is 5.02 Å². The van der Waals surface area contributed by atoms with Crippen LogP contribution in [-0.2, 0) is 10.7 Å². The van der Waals surface area contributed by atoms with Crippen LogP contribution in [0.15, 0.2) is 65.7 Å². The van der Waals surface area contributed by atoms with Crippen molar-refractivity contribution in [1.29, 1.82) is 5.26 Å². The first-order valence-electron chi connectivity index (χ1n) is 9.02. The maximum atomic E-state index is 14.8. The smallest absolute Gasteiger partial charge is 0.344 e. The number of carbonyl (C=O) groups is 1. The van der Waals surface area contributed by atoms with Gasteiger partial charge in [0.05, 0.1) is 22.3 Å². The number of nitrogens with one attached hydrogen (secondary N) is 3. The summed E-state index contributed by atoms with van der Waals surface area (Å²) in [6.45, 7) is 0. The lowest BCUT2D eigenvalue weighted by Crippen LogP contribution is -2.31. The van der Waals surface area contributed by atoms with Crippen molar-refractivity contribution < 1.29 is 13.6 Å². The van der Waals surface area contributed by atoms with Crippen LogP contribution in [0, 0.1) is 17.2 Å². The van der Waals surface area contributed by atoms with Gasteiger partial charge in [-0.05, 0) is 24.3 Å². The first-order valence-corrected chi connectivity index (χ1v) is 9.80. The van der Waals surface area contributed by atoms with Gasteiger partial charge in [-0.25, -0.2) is 9.78 Å². The highest BCUT2D eigenvalue weighted by Gasteiger charge is 2.35. The normalized spacial score (nSPS) is 11.8. The van der Waals surface area contributed by atoms with Gasteiger partial charge in [0.1, 0.15) is 4.99 Å². The molecule has 3 rings (SSSR count). The third-order valence-corrected chi connectivity index (χ3v) is 4.98. The number of alkyl halides is 2. The number of H-pyrrole nitrogens is 1. The Morgan fingerprint density at radius 2 is 1.94 bits per heavy atom. The molecular weight excluding hydrogens is 460 g/mol. The van der Waals surface area contributed by atoms with Crippen molar-refractivity contribution in [2.24, 2.45) is 5.92 Å². The molecule has 1 heterocycles. The Morgan fingerprint density at radius 3 is 2.59 bits per heavy atom. The predicted molar refractivity (Wildman–Crippen MR) is 120 cm³/mol. The predicted octanol–water partition coefficient (Wildman–Crippen LogP) is 4.08. The molecule has 11 heteroatoms. The summed E-state index contributed by atoms with van der Waals surface area (Å²) >= 11 is 11.2. The fourth-order valence-corrected chi connectivity index (χ4v) is 3.14. The van der Waals surface area contributed by atoms with Crippen molar-refractivity contribution in [3.05, 3.63) is 87.6 Å². The van der Waals surface area contributed by atoms with Gasteiger partial charge in [-0.1, -0.05) is 48.1 Å². The van der Waals surface area contributed by atoms with Crippen molar-refractivity contribution in [1.82, 2.24) is 9.97 Å². The number of benzene rings is 2. The number of nitriles is 1. The molecule has 3 N–H and O–H groups in total. The van der Waals surface area contributed by atoms with E-state index >= 15 is 0 Å². The highest BCUT2D eigenvalue weighted by Crippen LogP contribution is 2.35. The van der Waals surface area contributed by atoms with Gasteiger partial charge in [-0.15, -0.1) is 0 Å². The number of halogens is 3. The molecule has 1 unspecified atom stereocenters. The summed E-state index contributed by atoms with van der Waals surface area (Å²) < 4.78 is 29.6. The quantitative estimate of drug-likeness (QED) is 0.465. The molecule has 1 amide bonds. The lowest BCUT2D eigenvalue weighted by molar-refractivity contribution is -0.116. The molecule has 0 aliphatic rings. The largest absolute Gasteiger partial charge is 0.347 e. The summed E-state index contributed by atoms with van der Waals surface area (Å²) in [6.07, 6.45) is 1.64. The van der Waals surface area contributed by atoms with Crippen LogP contribution in [0.1, 0.15) is 11.1 Å². The minimum Gasteiger partial charge on any atom is -0.347 e. The third-order valence-electron chi connectivity index (χ3n) is 4.31. The highest BCUT2D eigenvalue weighted by molar-refractivity contribution is 7.80. The van der Waals surface area contributed by atoms with Crippen LogP contribution in [0.3, 0.4) is 0 Å². The average molecular weight is 474 g/mol. The molecule has 0 saturated carbocycles. The van der Waals surface area contributed by atoms with Gasteiger partial charge in [0.2, 0.25) is 5.91 Å². The second kappa shape index (κ2) is 9.64. The van der Waals surface area contributed by atoms with Gasteiger partial charge in [0.25, 0.3) is 0 Å². The minimum atomic E-state index is -3.49. The van der Waals surface area contributed by atoms with E-state index in [0.29, 0.717) is 10.7 Å². The molecule has 0 radical (unpaired) electrons. The molecule has 7 nitrogen and oxygen atoms in total. The first-order chi connectivity index (χ1) is 15.2. The molecular formula is C21H14ClF2N5O2S. The number of aromatic amines is 1. The fraction of sp³-hybridized carbons (Fsp3) is 0.0952. The fourth-order valence-electron chi connectivity index (χ4n) is 2.69. The molecule has 0 bridgehead atoms. The molecule has 3 aromatic rings. The number of hydrogen-bond acceptors (Lipinski definition) is 5. The van der Waals surface area contributed by atoms with E-state index in [1.807, 2.05) is 0 Å². The number of aromatic nitrogens is 2. The second-order valence-electron chi connectivity index (χ2n) is 6.48. The monoisotopic (exact) mass is 473 g/mol. The van der Waals surface area contributed by atoms with Crippen molar-refractivity contribution in [3.63, 3.8) is 0 Å². The first kappa shape index (κ1) is 23.0. The molecule has 1 aromatic heterocycles. The number of para-hydroxylation sites is 1. The zero-order valence-electron chi connectivity index (χ0n) is 16.1. The molecule has 162 valence electrons. The molecule has 0 fully saturated rings. The number of rotatable bonds is 6. The van der Waals surface area contributed by atoms with Crippen LogP contribution >= 0.6 is 23.8 Å². The Hall–Kier alpha value is -3.68. The summed E-state index contributed by atoms with van der Waals surface area (Å²) in [5.41, 5.74) is -1.28. The SMILES string of the molecule is N#CC(C(=O)Nc1cccc(C(F)(F)c2cnc(=O)[nH]c2)c1)C(=S)Nc1ccccc1Cl. The van der Waals surface area contributed by atoms with Crippen LogP contribution in [0.5, 0.6) is 0 Å². The summed E-state index contributed by atoms with van der Waals surface area (Å²) in [5, 5.41) is 14.9. The molecule has 32 heavy (non-hydrogen) atoms. The van der Waals surface area contributed by atoms with E-state index in [1.54, 1.807) is 30.3 Å². The van der Waals surface area contributed by atoms with Crippen molar-refractivity contribution in [2.45, 2.75) is 5.92 Å². The van der Waals surface area contributed by atoms with Gasteiger partial charge in [0, 0.05) is 23.6 Å². The number of nitrogens with zero attached hydrogens (tertiary/aromatic N) is 2. The van der Waals surface area contributed by atoms with Crippen molar-refractivity contribution >= 4 is 46.1 Å². The molecule has 0 spiro atoms. The second-order valence-corrected chi connectivity index (χ2v) is 7.33. The zero-order chi connectivity index (χ0) is 23.3. The van der Waals surface area contributed by atoms with Crippen LogP contribution < -0.4 is 16.3 Å². The van der Waals surface area contributed by atoms with Crippen LogP contribution in [0.4, 0.5) is 20.2 Å². The molecule has 0 aliphatic heterocycles. The summed E-state index contributed by atoms with van der Waals surface area (Å²) in [7, 11) is 0. The Labute approximate surface area is 191 Å². The zero-order valence-corrected chi connectivity index (χ0v) is 17.7. The van der Waals surface area contributed by atoms with E-state index in [9.17, 15) is 23.6 Å². The maximum absolute atomic E-state index is 14.8. The van der Waals surface area contributed by atoms with Gasteiger partial charge in [-0.3, -0.25) is 4.79 Å². The van der Waals surface area contributed by atoms with E-state index in [4.69, 9.17) is 23.8 Å². The number of amides is 1. The summed E-state index contributed by atoms with van der Waals surface area (Å²) in [6, 6.07) is 13.3. The number of thiocarbonyl (C=S) groups is 1. The standard InChI is InChI=1S/C21H14ClF2N5O2S/c22-16-6-1-2-7-17(16)29-19(32)15(9-25)18(30)28-14-5-3-4-12(8-14)21(23,24)13-10-26-20(31)27-11-13/h1-8,10-11,15H,(H,28,30)(H,29,32)(H,26,27,31). The lowest BCUT2D eigenvalue weighted by Gasteiger charge is -2.18. The van der Waals surface area contributed by atoms with E-state index in [-0.39, 0.29) is 10.7 Å². The minimum absolute atomic E-state index is 0.0327. The number of hydrogen-bond donors (Lipinski definition) is 3. The molecule has 0 aliphatic carbocycles. The van der Waals surface area contributed by atoms with Gasteiger partial charge in [-0.2, -0.15) is 14.0 Å². The Morgan fingerprint density at radius 1 is 1.19 bits per heavy atom. The van der Waals surface area contributed by atoms with E-state index in [0.717, 1.165) is 24.5 Å². The topological polar surface area (TPSA) is 111 Å². The number of anilines is 2. The third kappa shape index (κ3) is 5.14. The van der Waals surface area contributed by atoms with Crippen LogP contribution in [-0.4, -0.2) is 20.9 Å². The van der Waals surface area contributed by atoms with Crippen molar-refractivity contribution in [2.75, 3.05) is 10.6 Å². The van der Waals surface area contributed by atoms with E-state index < -0.39 is 34.6 Å². The summed E-state index contributed by atoms with van der Waals surface area (Å²) in [5.74, 6) is -5.69.